The maximum absolute atomic E-state index is 6.40. The number of fused-ring (bicyclic) bond motifs is 5. The first-order valence-electron chi connectivity index (χ1n) is 21.9. The molecule has 0 aliphatic heterocycles. The van der Waals surface area contributed by atoms with Crippen LogP contribution in [0.15, 0.2) is 253 Å². The molecule has 12 aromatic rings. The van der Waals surface area contributed by atoms with E-state index in [0.717, 1.165) is 66.8 Å². The van der Waals surface area contributed by atoms with Crippen LogP contribution >= 0.6 is 0 Å². The molecule has 0 spiro atoms. The smallest absolute Gasteiger partial charge is 0.136 e. The van der Waals surface area contributed by atoms with Crippen LogP contribution in [0.5, 0.6) is 0 Å². The highest BCUT2D eigenvalue weighted by molar-refractivity contribution is 6.14. The van der Waals surface area contributed by atoms with Crippen molar-refractivity contribution in [3.8, 4) is 55.6 Å². The van der Waals surface area contributed by atoms with E-state index in [4.69, 9.17) is 4.42 Å². The van der Waals surface area contributed by atoms with Crippen molar-refractivity contribution in [3.63, 3.8) is 0 Å². The maximum Gasteiger partial charge on any atom is 0.136 e. The average Bonchev–Trinajstić information content (AvgIpc) is 3.76. The summed E-state index contributed by atoms with van der Waals surface area (Å²) in [5, 5.41) is 7.23. The highest BCUT2D eigenvalue weighted by Gasteiger charge is 2.21. The zero-order chi connectivity index (χ0) is 42.4. The number of benzene rings is 11. The molecule has 0 atom stereocenters. The van der Waals surface area contributed by atoms with Crippen molar-refractivity contribution >= 4 is 60.5 Å². The van der Waals surface area contributed by atoms with Crippen LogP contribution in [0.2, 0.25) is 0 Å². The molecule has 300 valence electrons. The Labute approximate surface area is 372 Å². The topological polar surface area (TPSA) is 16.4 Å². The van der Waals surface area contributed by atoms with Gasteiger partial charge in [-0.15, -0.1) is 0 Å². The van der Waals surface area contributed by atoms with E-state index in [1.165, 1.54) is 49.4 Å². The highest BCUT2D eigenvalue weighted by Crippen LogP contribution is 2.46. The van der Waals surface area contributed by atoms with E-state index in [0.29, 0.717) is 0 Å². The van der Waals surface area contributed by atoms with Crippen molar-refractivity contribution in [2.75, 3.05) is 4.90 Å². The maximum atomic E-state index is 6.40. The molecule has 0 aliphatic rings. The molecule has 64 heavy (non-hydrogen) atoms. The second kappa shape index (κ2) is 15.8. The van der Waals surface area contributed by atoms with Crippen LogP contribution in [0, 0.1) is 0 Å². The largest absolute Gasteiger partial charge is 0.456 e. The highest BCUT2D eigenvalue weighted by atomic mass is 16.3. The number of furan rings is 1. The SMILES string of the molecule is c1cc(-c2cccc(N(c3ccc(-c4ccc(-c5cccc6ccccc56)cc4)cc3)c3ccccc3-c3cccc4oc5ccccc5c34)c2)cc(-c2ccc3ccccc3c2)c1. The van der Waals surface area contributed by atoms with Crippen LogP contribution in [-0.2, 0) is 0 Å². The van der Waals surface area contributed by atoms with Crippen LogP contribution < -0.4 is 4.90 Å². The van der Waals surface area contributed by atoms with Gasteiger partial charge in [0.2, 0.25) is 0 Å². The molecule has 1 heterocycles. The van der Waals surface area contributed by atoms with E-state index in [2.05, 4.69) is 248 Å². The fraction of sp³-hybridized carbons (Fsp3) is 0. The average molecular weight is 816 g/mol. The van der Waals surface area contributed by atoms with Gasteiger partial charge in [0.25, 0.3) is 0 Å². The fourth-order valence-corrected chi connectivity index (χ4v) is 9.52. The molecule has 0 amide bonds. The van der Waals surface area contributed by atoms with Gasteiger partial charge in [0.05, 0.1) is 5.69 Å². The van der Waals surface area contributed by atoms with E-state index in [9.17, 15) is 0 Å². The zero-order valence-electron chi connectivity index (χ0n) is 35.0. The lowest BCUT2D eigenvalue weighted by Crippen LogP contribution is -2.11. The molecule has 1 aromatic heterocycles. The molecule has 0 saturated carbocycles. The molecule has 0 saturated heterocycles. The third-order valence-electron chi connectivity index (χ3n) is 12.7. The number of hydrogen-bond acceptors (Lipinski definition) is 2. The lowest BCUT2D eigenvalue weighted by Gasteiger charge is -2.28. The molecular weight excluding hydrogens is 775 g/mol. The normalized spacial score (nSPS) is 11.4. The summed E-state index contributed by atoms with van der Waals surface area (Å²) in [4.78, 5) is 2.40. The van der Waals surface area contributed by atoms with Crippen molar-refractivity contribution in [2.24, 2.45) is 0 Å². The van der Waals surface area contributed by atoms with Crippen molar-refractivity contribution in [1.82, 2.24) is 0 Å². The molecule has 12 rings (SSSR count). The second-order valence-corrected chi connectivity index (χ2v) is 16.5. The molecule has 2 nitrogen and oxygen atoms in total. The standard InChI is InChI=1S/C62H41NO/c1-2-15-47-39-51(34-31-42(47)13-1)49-18-9-17-48(40-49)50-19-10-20-53(41-50)63(59-26-7-5-22-56(59)57-25-12-28-61-62(57)58-23-6-8-27-60(58)64-61)52-37-35-44(36-38-52)43-29-32-46(33-30-43)55-24-11-16-45-14-3-4-21-54(45)55/h1-41H. The lowest BCUT2D eigenvalue weighted by molar-refractivity contribution is 0.669. The summed E-state index contributed by atoms with van der Waals surface area (Å²) in [5.74, 6) is 0. The Morgan fingerprint density at radius 1 is 0.266 bits per heavy atom. The van der Waals surface area contributed by atoms with Crippen LogP contribution in [-0.4, -0.2) is 0 Å². The van der Waals surface area contributed by atoms with Crippen LogP contribution in [0.1, 0.15) is 0 Å². The molecule has 0 N–H and O–H groups in total. The second-order valence-electron chi connectivity index (χ2n) is 16.5. The van der Waals surface area contributed by atoms with Gasteiger partial charge in [-0.25, -0.2) is 0 Å². The molecule has 0 unspecified atom stereocenters. The third-order valence-corrected chi connectivity index (χ3v) is 12.7. The summed E-state index contributed by atoms with van der Waals surface area (Å²) in [6.45, 7) is 0. The Kier molecular flexibility index (Phi) is 9.20. The van der Waals surface area contributed by atoms with Crippen LogP contribution in [0.4, 0.5) is 17.1 Å². The van der Waals surface area contributed by atoms with E-state index in [1.54, 1.807) is 0 Å². The monoisotopic (exact) mass is 815 g/mol. The summed E-state index contributed by atoms with van der Waals surface area (Å²) in [5.41, 5.74) is 16.7. The Hall–Kier alpha value is -8.46. The van der Waals surface area contributed by atoms with Crippen molar-refractivity contribution in [1.29, 1.82) is 0 Å². The fourth-order valence-electron chi connectivity index (χ4n) is 9.52. The number of nitrogens with zero attached hydrogens (tertiary/aromatic N) is 1. The van der Waals surface area contributed by atoms with Gasteiger partial charge in [0.1, 0.15) is 11.2 Å². The first-order chi connectivity index (χ1) is 31.7. The molecule has 0 aliphatic carbocycles. The van der Waals surface area contributed by atoms with E-state index in [1.807, 2.05) is 6.07 Å². The molecular formula is C62H41NO. The number of hydrogen-bond donors (Lipinski definition) is 0. The van der Waals surface area contributed by atoms with Crippen LogP contribution in [0.3, 0.4) is 0 Å². The van der Waals surface area contributed by atoms with Gasteiger partial charge >= 0.3 is 0 Å². The first-order valence-corrected chi connectivity index (χ1v) is 21.9. The Bertz CT molecular complexity index is 3670. The lowest BCUT2D eigenvalue weighted by atomic mass is 9.95. The van der Waals surface area contributed by atoms with Crippen LogP contribution in [0.25, 0.3) is 99.1 Å². The van der Waals surface area contributed by atoms with Gasteiger partial charge in [-0.1, -0.05) is 194 Å². The summed E-state index contributed by atoms with van der Waals surface area (Å²) >= 11 is 0. The minimum absolute atomic E-state index is 0.879. The van der Waals surface area contributed by atoms with Crippen molar-refractivity contribution in [3.05, 3.63) is 249 Å². The van der Waals surface area contributed by atoms with E-state index in [-0.39, 0.29) is 0 Å². The Morgan fingerprint density at radius 2 is 0.797 bits per heavy atom. The predicted octanol–water partition coefficient (Wildman–Crippen LogP) is 17.7. The molecule has 0 bridgehead atoms. The molecule has 11 aromatic carbocycles. The van der Waals surface area contributed by atoms with Crippen molar-refractivity contribution < 1.29 is 4.42 Å². The Morgan fingerprint density at radius 3 is 1.62 bits per heavy atom. The number of rotatable bonds is 8. The third kappa shape index (κ3) is 6.70. The summed E-state index contributed by atoms with van der Waals surface area (Å²) < 4.78 is 6.40. The summed E-state index contributed by atoms with van der Waals surface area (Å²) in [7, 11) is 0. The van der Waals surface area contributed by atoms with Gasteiger partial charge in [-0.05, 0) is 126 Å². The first kappa shape index (κ1) is 37.3. The van der Waals surface area contributed by atoms with Gasteiger partial charge < -0.3 is 9.32 Å². The number of anilines is 3. The molecule has 2 heteroatoms. The quantitative estimate of drug-likeness (QED) is 0.152. The number of para-hydroxylation sites is 2. The molecule has 0 radical (unpaired) electrons. The molecule has 0 fully saturated rings. The van der Waals surface area contributed by atoms with Gasteiger partial charge in [-0.2, -0.15) is 0 Å². The zero-order valence-corrected chi connectivity index (χ0v) is 35.0. The van der Waals surface area contributed by atoms with E-state index < -0.39 is 0 Å². The van der Waals surface area contributed by atoms with Gasteiger partial charge in [-0.3, -0.25) is 0 Å². The minimum atomic E-state index is 0.879. The Balaban J connectivity index is 0.967. The summed E-state index contributed by atoms with van der Waals surface area (Å²) in [6, 6.07) is 89.7. The minimum Gasteiger partial charge on any atom is -0.456 e. The predicted molar refractivity (Wildman–Crippen MR) is 271 cm³/mol. The van der Waals surface area contributed by atoms with Crippen molar-refractivity contribution in [2.45, 2.75) is 0 Å². The van der Waals surface area contributed by atoms with Gasteiger partial charge in [0, 0.05) is 27.7 Å². The summed E-state index contributed by atoms with van der Waals surface area (Å²) in [6.07, 6.45) is 0. The van der Waals surface area contributed by atoms with E-state index >= 15 is 0 Å². The van der Waals surface area contributed by atoms with Gasteiger partial charge in [0.15, 0.2) is 0 Å².